The van der Waals surface area contributed by atoms with Crippen LogP contribution in [0.3, 0.4) is 0 Å². The Kier molecular flexibility index (Phi) is 7.62. The fraction of sp³-hybridized carbons (Fsp3) is 0.571. The number of nitrogens with two attached hydrogens (primary N) is 1. The Morgan fingerprint density at radius 3 is 2.43 bits per heavy atom. The van der Waals surface area contributed by atoms with Gasteiger partial charge in [0.05, 0.1) is 0 Å². The topological polar surface area (TPSA) is 84.6 Å². The molecule has 1 aliphatic rings. The summed E-state index contributed by atoms with van der Waals surface area (Å²) in [5.41, 5.74) is 5.24. The second-order valence-corrected chi connectivity index (χ2v) is 2.65. The van der Waals surface area contributed by atoms with Gasteiger partial charge < -0.3 is 11.1 Å². The van der Waals surface area contributed by atoms with E-state index in [9.17, 15) is 9.59 Å². The van der Waals surface area contributed by atoms with Gasteiger partial charge in [0.1, 0.15) is 11.8 Å². The minimum absolute atomic E-state index is 0. The Morgan fingerprint density at radius 1 is 1.43 bits per heavy atom. The number of rotatable bonds is 2. The van der Waals surface area contributed by atoms with E-state index in [1.807, 2.05) is 0 Å². The van der Waals surface area contributed by atoms with Gasteiger partial charge in [-0.2, -0.15) is 4.99 Å². The average molecular weight is 242 g/mol. The molecule has 0 saturated heterocycles. The van der Waals surface area contributed by atoms with Gasteiger partial charge in [0, 0.05) is 6.42 Å². The van der Waals surface area contributed by atoms with E-state index in [1.165, 1.54) is 6.92 Å². The van der Waals surface area contributed by atoms with E-state index in [2.05, 4.69) is 10.3 Å². The predicted molar refractivity (Wildman–Crippen MR) is 57.9 cm³/mol. The molecule has 0 spiro atoms. The molecule has 82 valence electrons. The predicted octanol–water partition coefficient (Wildman–Crippen LogP) is -0.130. The van der Waals surface area contributed by atoms with Crippen molar-refractivity contribution in [3.63, 3.8) is 0 Å². The summed E-state index contributed by atoms with van der Waals surface area (Å²) >= 11 is 0. The van der Waals surface area contributed by atoms with E-state index in [1.54, 1.807) is 0 Å². The van der Waals surface area contributed by atoms with Crippen molar-refractivity contribution >= 4 is 42.5 Å². The molecule has 0 aromatic rings. The van der Waals surface area contributed by atoms with Gasteiger partial charge in [0.2, 0.25) is 5.91 Å². The highest BCUT2D eigenvalue weighted by molar-refractivity contribution is 6.15. The number of amidine groups is 1. The number of hydrogen-bond acceptors (Lipinski definition) is 3. The van der Waals surface area contributed by atoms with Crippen LogP contribution in [0.25, 0.3) is 0 Å². The van der Waals surface area contributed by atoms with Crippen molar-refractivity contribution < 1.29 is 9.59 Å². The molecule has 1 aliphatic heterocycles. The van der Waals surface area contributed by atoms with Crippen molar-refractivity contribution in [1.29, 1.82) is 0 Å². The van der Waals surface area contributed by atoms with Gasteiger partial charge in [-0.25, -0.2) is 0 Å². The first-order valence-electron chi connectivity index (χ1n) is 3.77. The maximum atomic E-state index is 11.0. The van der Waals surface area contributed by atoms with Crippen LogP contribution in [0.5, 0.6) is 0 Å². The number of aliphatic imine (C=N–C) groups is 1. The first-order chi connectivity index (χ1) is 5.65. The third-order valence-electron chi connectivity index (χ3n) is 1.66. The van der Waals surface area contributed by atoms with Crippen molar-refractivity contribution in [1.82, 2.24) is 5.32 Å². The van der Waals surface area contributed by atoms with Crippen LogP contribution in [-0.2, 0) is 9.59 Å². The largest absolute Gasteiger partial charge is 0.330 e. The molecule has 1 rings (SSSR count). The molecule has 0 aromatic carbocycles. The molecule has 0 radical (unpaired) electrons. The highest BCUT2D eigenvalue weighted by atomic mass is 35.5. The van der Waals surface area contributed by atoms with Crippen LogP contribution in [0, 0.1) is 5.92 Å². The molecule has 0 bridgehead atoms. The van der Waals surface area contributed by atoms with Gasteiger partial charge in [-0.1, -0.05) is 0 Å². The van der Waals surface area contributed by atoms with Gasteiger partial charge in [0.15, 0.2) is 0 Å². The average Bonchev–Trinajstić information content (AvgIpc) is 2.01. The fourth-order valence-electron chi connectivity index (χ4n) is 0.876. The van der Waals surface area contributed by atoms with Crippen molar-refractivity contribution in [3.8, 4) is 0 Å². The quantitative estimate of drug-likeness (QED) is 0.661. The molecule has 5 nitrogen and oxygen atoms in total. The summed E-state index contributed by atoms with van der Waals surface area (Å²) in [5.74, 6) is -0.960. The summed E-state index contributed by atoms with van der Waals surface area (Å²) in [5, 5.41) is 2.51. The van der Waals surface area contributed by atoms with Gasteiger partial charge in [-0.15, -0.1) is 24.8 Å². The zero-order valence-corrected chi connectivity index (χ0v) is 9.28. The Labute approximate surface area is 94.3 Å². The van der Waals surface area contributed by atoms with E-state index in [0.717, 1.165) is 0 Å². The number of nitrogens with one attached hydrogen (secondary N) is 1. The Hall–Kier alpha value is -0.650. The van der Waals surface area contributed by atoms with Crippen molar-refractivity contribution in [2.45, 2.75) is 13.3 Å². The number of carbonyl (C=O) groups is 2. The summed E-state index contributed by atoms with van der Waals surface area (Å²) in [6, 6.07) is 0. The molecule has 0 fully saturated rings. The molecular formula is C7H13Cl2N3O2. The van der Waals surface area contributed by atoms with Gasteiger partial charge in [-0.3, -0.25) is 9.59 Å². The van der Waals surface area contributed by atoms with E-state index in [-0.39, 0.29) is 36.6 Å². The molecule has 2 amide bonds. The van der Waals surface area contributed by atoms with E-state index in [4.69, 9.17) is 5.73 Å². The second-order valence-electron chi connectivity index (χ2n) is 2.65. The maximum absolute atomic E-state index is 11.0. The van der Waals surface area contributed by atoms with Crippen LogP contribution in [0.2, 0.25) is 0 Å². The summed E-state index contributed by atoms with van der Waals surface area (Å²) < 4.78 is 0. The first kappa shape index (κ1) is 15.8. The highest BCUT2D eigenvalue weighted by Crippen LogP contribution is 2.04. The number of hydrogen-bond donors (Lipinski definition) is 2. The number of amides is 2. The SMILES string of the molecule is CC1C(=O)N=C(CCN)NC1=O.Cl.Cl. The highest BCUT2D eigenvalue weighted by Gasteiger charge is 2.26. The standard InChI is InChI=1S/C7H11N3O2.2ClH/c1-4-6(11)9-5(2-3-8)10-7(4)12;;/h4H,2-3,8H2,1H3,(H,9,10,11,12);2*1H. The zero-order chi connectivity index (χ0) is 9.14. The minimum atomic E-state index is -0.661. The second kappa shape index (κ2) is 6.75. The number of nitrogens with zero attached hydrogens (tertiary/aromatic N) is 1. The molecule has 1 unspecified atom stereocenters. The van der Waals surface area contributed by atoms with Gasteiger partial charge in [0.25, 0.3) is 5.91 Å². The number of carbonyl (C=O) groups excluding carboxylic acids is 2. The van der Waals surface area contributed by atoms with Gasteiger partial charge >= 0.3 is 0 Å². The molecule has 0 aliphatic carbocycles. The third-order valence-corrected chi connectivity index (χ3v) is 1.66. The molecule has 7 heteroatoms. The van der Waals surface area contributed by atoms with Crippen LogP contribution in [0.4, 0.5) is 0 Å². The van der Waals surface area contributed by atoms with E-state index >= 15 is 0 Å². The number of halogens is 2. The minimum Gasteiger partial charge on any atom is -0.330 e. The summed E-state index contributed by atoms with van der Waals surface area (Å²) in [4.78, 5) is 25.7. The summed E-state index contributed by atoms with van der Waals surface area (Å²) in [6.45, 7) is 1.90. The van der Waals surface area contributed by atoms with Crippen molar-refractivity contribution in [2.24, 2.45) is 16.6 Å². The normalized spacial score (nSPS) is 20.1. The van der Waals surface area contributed by atoms with Crippen LogP contribution in [-0.4, -0.2) is 24.2 Å². The molecule has 0 aromatic heterocycles. The van der Waals surface area contributed by atoms with Crippen LogP contribution >= 0.6 is 24.8 Å². The lowest BCUT2D eigenvalue weighted by molar-refractivity contribution is -0.132. The fourth-order valence-corrected chi connectivity index (χ4v) is 0.876. The molecule has 0 saturated carbocycles. The van der Waals surface area contributed by atoms with Crippen LogP contribution < -0.4 is 11.1 Å². The van der Waals surface area contributed by atoms with Gasteiger partial charge in [-0.05, 0) is 13.5 Å². The Morgan fingerprint density at radius 2 is 2.00 bits per heavy atom. The van der Waals surface area contributed by atoms with E-state index < -0.39 is 5.92 Å². The third kappa shape index (κ3) is 3.61. The zero-order valence-electron chi connectivity index (χ0n) is 7.65. The lowest BCUT2D eigenvalue weighted by atomic mass is 10.1. The lowest BCUT2D eigenvalue weighted by Crippen LogP contribution is -2.43. The maximum Gasteiger partial charge on any atom is 0.259 e. The van der Waals surface area contributed by atoms with Crippen molar-refractivity contribution in [2.75, 3.05) is 6.54 Å². The smallest absolute Gasteiger partial charge is 0.259 e. The van der Waals surface area contributed by atoms with E-state index in [0.29, 0.717) is 18.8 Å². The molecule has 1 heterocycles. The lowest BCUT2D eigenvalue weighted by Gasteiger charge is -2.16. The van der Waals surface area contributed by atoms with Crippen molar-refractivity contribution in [3.05, 3.63) is 0 Å². The molecule has 14 heavy (non-hydrogen) atoms. The Balaban J connectivity index is 0. The molecular weight excluding hydrogens is 229 g/mol. The summed E-state index contributed by atoms with van der Waals surface area (Å²) in [7, 11) is 0. The summed E-state index contributed by atoms with van der Waals surface area (Å²) in [6.07, 6.45) is 0.435. The monoisotopic (exact) mass is 241 g/mol. The Bertz CT molecular complexity index is 255. The first-order valence-corrected chi connectivity index (χ1v) is 3.77. The molecule has 1 atom stereocenters. The molecule has 3 N–H and O–H groups in total. The van der Waals surface area contributed by atoms with Crippen LogP contribution in [0.15, 0.2) is 4.99 Å². The van der Waals surface area contributed by atoms with Crippen LogP contribution in [0.1, 0.15) is 13.3 Å².